The fraction of sp³-hybridized carbons (Fsp3) is 0.400. The van der Waals surface area contributed by atoms with Crippen molar-refractivity contribution in [2.75, 3.05) is 19.6 Å². The molecule has 1 aliphatic rings. The van der Waals surface area contributed by atoms with Crippen LogP contribution in [-0.4, -0.2) is 34.1 Å². The van der Waals surface area contributed by atoms with Crippen molar-refractivity contribution in [3.05, 3.63) is 52.0 Å². The highest BCUT2D eigenvalue weighted by atomic mass is 35.5. The third-order valence-corrected chi connectivity index (χ3v) is 4.64. The van der Waals surface area contributed by atoms with E-state index >= 15 is 0 Å². The summed E-state index contributed by atoms with van der Waals surface area (Å²) >= 11 is 12.6. The molecule has 1 atom stereocenters. The summed E-state index contributed by atoms with van der Waals surface area (Å²) in [5.74, 6) is 1.06. The molecule has 0 spiro atoms. The Morgan fingerprint density at radius 2 is 2.05 bits per heavy atom. The van der Waals surface area contributed by atoms with Crippen LogP contribution >= 0.6 is 35.6 Å². The molecule has 0 aliphatic carbocycles. The number of aryl methyl sites for hydroxylation is 1. The summed E-state index contributed by atoms with van der Waals surface area (Å²) in [7, 11) is 2.03. The molecule has 0 radical (unpaired) electrons. The molecule has 3 rings (SSSR count). The van der Waals surface area contributed by atoms with Crippen LogP contribution in [-0.2, 0) is 13.6 Å². The van der Waals surface area contributed by atoms with Gasteiger partial charge in [-0.2, -0.15) is 0 Å². The average molecular weight is 362 g/mol. The lowest BCUT2D eigenvalue weighted by Gasteiger charge is -2.36. The largest absolute Gasteiger partial charge is 0.337 e. The molecule has 1 aromatic heterocycles. The van der Waals surface area contributed by atoms with Crippen molar-refractivity contribution >= 4 is 35.6 Å². The predicted molar refractivity (Wildman–Crippen MR) is 92.9 cm³/mol. The number of halogens is 3. The fourth-order valence-corrected chi connectivity index (χ4v) is 3.29. The number of aromatic nitrogens is 2. The monoisotopic (exact) mass is 360 g/mol. The first-order chi connectivity index (χ1) is 10.2. The zero-order chi connectivity index (χ0) is 14.8. The van der Waals surface area contributed by atoms with Crippen LogP contribution < -0.4 is 5.32 Å². The van der Waals surface area contributed by atoms with E-state index in [4.69, 9.17) is 23.2 Å². The number of rotatable bonds is 3. The summed E-state index contributed by atoms with van der Waals surface area (Å²) in [6, 6.07) is 5.88. The van der Waals surface area contributed by atoms with Gasteiger partial charge in [-0.05, 0) is 12.1 Å². The highest BCUT2D eigenvalue weighted by molar-refractivity contribution is 6.35. The second kappa shape index (κ2) is 7.66. The quantitative estimate of drug-likeness (QED) is 0.910. The van der Waals surface area contributed by atoms with Crippen molar-refractivity contribution in [2.45, 2.75) is 12.6 Å². The minimum atomic E-state index is 0. The van der Waals surface area contributed by atoms with E-state index in [1.165, 1.54) is 0 Å². The fourth-order valence-electron chi connectivity index (χ4n) is 2.77. The van der Waals surface area contributed by atoms with Gasteiger partial charge in [-0.15, -0.1) is 12.4 Å². The maximum atomic E-state index is 6.31. The zero-order valence-electron chi connectivity index (χ0n) is 12.3. The molecule has 1 saturated heterocycles. The summed E-state index contributed by atoms with van der Waals surface area (Å²) < 4.78 is 2.07. The number of piperazine rings is 1. The van der Waals surface area contributed by atoms with Gasteiger partial charge in [0.2, 0.25) is 0 Å². The van der Waals surface area contributed by atoms with E-state index in [0.29, 0.717) is 0 Å². The van der Waals surface area contributed by atoms with E-state index in [1.807, 2.05) is 37.6 Å². The van der Waals surface area contributed by atoms with E-state index in [9.17, 15) is 0 Å². The molecule has 2 aromatic rings. The normalized spacial score (nSPS) is 19.0. The summed E-state index contributed by atoms with van der Waals surface area (Å²) in [5, 5.41) is 4.88. The number of hydrogen-bond acceptors (Lipinski definition) is 3. The van der Waals surface area contributed by atoms with Crippen molar-refractivity contribution in [3.63, 3.8) is 0 Å². The molecule has 0 bridgehead atoms. The second-order valence-corrected chi connectivity index (χ2v) is 6.10. The van der Waals surface area contributed by atoms with Crippen molar-refractivity contribution in [3.8, 4) is 0 Å². The molecule has 22 heavy (non-hydrogen) atoms. The highest BCUT2D eigenvalue weighted by Crippen LogP contribution is 2.29. The summed E-state index contributed by atoms with van der Waals surface area (Å²) in [5.41, 5.74) is 0.988. The van der Waals surface area contributed by atoms with E-state index in [0.717, 1.165) is 47.6 Å². The molecule has 120 valence electrons. The van der Waals surface area contributed by atoms with Gasteiger partial charge < -0.3 is 9.88 Å². The Morgan fingerprint density at radius 1 is 1.32 bits per heavy atom. The van der Waals surface area contributed by atoms with Gasteiger partial charge >= 0.3 is 0 Å². The van der Waals surface area contributed by atoms with Crippen molar-refractivity contribution in [1.29, 1.82) is 0 Å². The zero-order valence-corrected chi connectivity index (χ0v) is 14.6. The first kappa shape index (κ1) is 17.6. The topological polar surface area (TPSA) is 33.1 Å². The minimum absolute atomic E-state index is 0. The van der Waals surface area contributed by atoms with Gasteiger partial charge in [-0.25, -0.2) is 4.98 Å². The van der Waals surface area contributed by atoms with E-state index in [1.54, 1.807) is 0 Å². The molecule has 1 unspecified atom stereocenters. The Bertz CT molecular complexity index is 609. The molecule has 2 heterocycles. The van der Waals surface area contributed by atoms with Gasteiger partial charge in [-0.3, -0.25) is 4.90 Å². The van der Waals surface area contributed by atoms with Gasteiger partial charge in [0, 0.05) is 61.2 Å². The van der Waals surface area contributed by atoms with Gasteiger partial charge in [0.15, 0.2) is 0 Å². The Labute approximate surface area is 146 Å². The van der Waals surface area contributed by atoms with Crippen LogP contribution in [0, 0.1) is 0 Å². The predicted octanol–water partition coefficient (Wildman–Crippen LogP) is 3.30. The summed E-state index contributed by atoms with van der Waals surface area (Å²) in [6.07, 6.45) is 3.81. The molecule has 1 N–H and O–H groups in total. The molecule has 0 amide bonds. The first-order valence-corrected chi connectivity index (χ1v) is 7.77. The molecule has 7 heteroatoms. The van der Waals surface area contributed by atoms with Crippen LogP contribution in [0.25, 0.3) is 0 Å². The summed E-state index contributed by atoms with van der Waals surface area (Å²) in [6.45, 7) is 3.52. The molecule has 1 fully saturated rings. The smallest absolute Gasteiger partial charge is 0.127 e. The third-order valence-electron chi connectivity index (χ3n) is 3.93. The summed E-state index contributed by atoms with van der Waals surface area (Å²) in [4.78, 5) is 6.87. The Balaban J connectivity index is 0.00000176. The van der Waals surface area contributed by atoms with Crippen LogP contribution in [0.15, 0.2) is 30.6 Å². The number of nitrogens with one attached hydrogen (secondary N) is 1. The van der Waals surface area contributed by atoms with Crippen LogP contribution in [0.3, 0.4) is 0 Å². The lowest BCUT2D eigenvalue weighted by atomic mass is 10.1. The standard InChI is InChI=1S/C15H18Cl2N4.ClH/c1-20-7-6-19-15(20)14-9-18-5-8-21(14)10-11-12(16)3-2-4-13(11)17;/h2-4,6-7,14,18H,5,8-10H2,1H3;1H. The van der Waals surface area contributed by atoms with Crippen molar-refractivity contribution in [2.24, 2.45) is 7.05 Å². The van der Waals surface area contributed by atoms with Gasteiger partial charge in [0.05, 0.1) is 6.04 Å². The number of imidazole rings is 1. The SMILES string of the molecule is Cl.Cn1ccnc1C1CNCCN1Cc1c(Cl)cccc1Cl. The molecule has 1 aliphatic heterocycles. The van der Waals surface area contributed by atoms with Crippen LogP contribution in [0.5, 0.6) is 0 Å². The molecular formula is C15H19Cl3N4. The van der Waals surface area contributed by atoms with E-state index < -0.39 is 0 Å². The van der Waals surface area contributed by atoms with Crippen LogP contribution in [0.1, 0.15) is 17.4 Å². The Morgan fingerprint density at radius 3 is 2.68 bits per heavy atom. The number of hydrogen-bond donors (Lipinski definition) is 1. The van der Waals surface area contributed by atoms with Crippen molar-refractivity contribution in [1.82, 2.24) is 19.8 Å². The lowest BCUT2D eigenvalue weighted by molar-refractivity contribution is 0.145. The first-order valence-electron chi connectivity index (χ1n) is 7.01. The molecule has 0 saturated carbocycles. The van der Waals surface area contributed by atoms with Gasteiger partial charge in [0.1, 0.15) is 5.82 Å². The number of nitrogens with zero attached hydrogens (tertiary/aromatic N) is 3. The van der Waals surface area contributed by atoms with Crippen LogP contribution in [0.2, 0.25) is 10.0 Å². The maximum absolute atomic E-state index is 6.31. The van der Waals surface area contributed by atoms with Gasteiger partial charge in [-0.1, -0.05) is 29.3 Å². The molecule has 4 nitrogen and oxygen atoms in total. The third kappa shape index (κ3) is 3.58. The molecular weight excluding hydrogens is 343 g/mol. The van der Waals surface area contributed by atoms with Crippen molar-refractivity contribution < 1.29 is 0 Å². The Hall–Kier alpha value is -0.780. The van der Waals surface area contributed by atoms with E-state index in [-0.39, 0.29) is 18.4 Å². The number of benzene rings is 1. The average Bonchev–Trinajstić information content (AvgIpc) is 2.90. The second-order valence-electron chi connectivity index (χ2n) is 5.29. The maximum Gasteiger partial charge on any atom is 0.127 e. The highest BCUT2D eigenvalue weighted by Gasteiger charge is 2.27. The van der Waals surface area contributed by atoms with Crippen LogP contribution in [0.4, 0.5) is 0 Å². The minimum Gasteiger partial charge on any atom is -0.337 e. The lowest BCUT2D eigenvalue weighted by Crippen LogP contribution is -2.46. The van der Waals surface area contributed by atoms with Gasteiger partial charge in [0.25, 0.3) is 0 Å². The Kier molecular flexibility index (Phi) is 6.12. The van der Waals surface area contributed by atoms with E-state index in [2.05, 4.69) is 19.8 Å². The molecule has 1 aromatic carbocycles.